The first-order valence-electron chi connectivity index (χ1n) is 24.3. The van der Waals surface area contributed by atoms with Gasteiger partial charge in [-0.05, 0) is 111 Å². The molecule has 4 heterocycles. The minimum absolute atomic E-state index is 1.01. The van der Waals surface area contributed by atoms with Crippen molar-refractivity contribution in [2.75, 3.05) is 0 Å². The van der Waals surface area contributed by atoms with Crippen molar-refractivity contribution in [3.05, 3.63) is 243 Å². The maximum Gasteiger partial charge on any atom is 0.124 e. The number of rotatable bonds is 7. The molecule has 336 valence electrons. The van der Waals surface area contributed by atoms with Gasteiger partial charge < -0.3 is 4.57 Å². The van der Waals surface area contributed by atoms with E-state index in [1.165, 1.54) is 117 Å². The number of hydrogen-bond acceptors (Lipinski definition) is 4. The standard InChI is InChI=1S/C67H40N2S3/c1-2-10-50(11-3-1)69-59-15-7-4-12-53(59)56-38-47(30-35-60(56)69)43-22-28-46(29-23-43)67-68-65-51(44-24-18-41(19-25-44)48-31-36-63-57(39-48)54-13-5-8-16-61(54)70-63)33-34-52(66(65)72-67)45-26-20-42(21-27-45)49-32-37-64-58(40-49)55-14-6-9-17-62(55)71-64/h1-40H. The molecule has 0 amide bonds. The normalized spacial score (nSPS) is 11.9. The molecule has 11 aromatic carbocycles. The number of benzene rings is 11. The molecule has 0 saturated carbocycles. The predicted molar refractivity (Wildman–Crippen MR) is 312 cm³/mol. The van der Waals surface area contributed by atoms with Crippen molar-refractivity contribution >= 4 is 106 Å². The molecule has 0 unspecified atom stereocenters. The second-order valence-corrected chi connectivity index (χ2v) is 21.8. The van der Waals surface area contributed by atoms with Crippen molar-refractivity contribution in [2.24, 2.45) is 0 Å². The van der Waals surface area contributed by atoms with Gasteiger partial charge in [0.2, 0.25) is 0 Å². The molecule has 0 fully saturated rings. The summed E-state index contributed by atoms with van der Waals surface area (Å²) >= 11 is 5.50. The number of nitrogens with zero attached hydrogens (tertiary/aromatic N) is 2. The van der Waals surface area contributed by atoms with Gasteiger partial charge in [-0.2, -0.15) is 0 Å². The first-order valence-corrected chi connectivity index (χ1v) is 26.8. The van der Waals surface area contributed by atoms with Gasteiger partial charge in [-0.1, -0.05) is 176 Å². The Morgan fingerprint density at radius 1 is 0.278 bits per heavy atom. The summed E-state index contributed by atoms with van der Waals surface area (Å²) in [5.41, 5.74) is 17.6. The lowest BCUT2D eigenvalue weighted by atomic mass is 9.95. The third-order valence-electron chi connectivity index (χ3n) is 14.5. The number of hydrogen-bond donors (Lipinski definition) is 0. The number of thiophene rings is 2. The fourth-order valence-electron chi connectivity index (χ4n) is 10.9. The van der Waals surface area contributed by atoms with Crippen LogP contribution in [0.2, 0.25) is 0 Å². The fourth-order valence-corrected chi connectivity index (χ4v) is 14.2. The smallest absolute Gasteiger partial charge is 0.124 e. The molecule has 0 bridgehead atoms. The Kier molecular flexibility index (Phi) is 9.52. The molecule has 0 radical (unpaired) electrons. The lowest BCUT2D eigenvalue weighted by Crippen LogP contribution is -1.92. The third kappa shape index (κ3) is 6.77. The van der Waals surface area contributed by atoms with Crippen LogP contribution in [0, 0.1) is 0 Å². The Balaban J connectivity index is 0.808. The Morgan fingerprint density at radius 2 is 0.708 bits per heavy atom. The summed E-state index contributed by atoms with van der Waals surface area (Å²) in [5.74, 6) is 0. The van der Waals surface area contributed by atoms with Crippen LogP contribution < -0.4 is 0 Å². The Hall–Kier alpha value is -8.45. The van der Waals surface area contributed by atoms with Gasteiger partial charge in [0, 0.05) is 73.5 Å². The molecule has 2 nitrogen and oxygen atoms in total. The van der Waals surface area contributed by atoms with Crippen LogP contribution in [0.25, 0.3) is 144 Å². The first kappa shape index (κ1) is 41.3. The first-order chi connectivity index (χ1) is 35.6. The monoisotopic (exact) mass is 968 g/mol. The molecular formula is C67H40N2S3. The summed E-state index contributed by atoms with van der Waals surface area (Å²) in [6.07, 6.45) is 0. The van der Waals surface area contributed by atoms with Gasteiger partial charge in [0.15, 0.2) is 0 Å². The van der Waals surface area contributed by atoms with E-state index >= 15 is 0 Å². The molecule has 0 aliphatic heterocycles. The number of thiazole rings is 1. The molecule has 0 aliphatic carbocycles. The van der Waals surface area contributed by atoms with E-state index in [4.69, 9.17) is 4.98 Å². The molecule has 0 saturated heterocycles. The lowest BCUT2D eigenvalue weighted by Gasteiger charge is -2.10. The van der Waals surface area contributed by atoms with E-state index in [0.717, 1.165) is 27.2 Å². The van der Waals surface area contributed by atoms with E-state index < -0.39 is 0 Å². The highest BCUT2D eigenvalue weighted by Crippen LogP contribution is 2.44. The van der Waals surface area contributed by atoms with Crippen LogP contribution in [0.3, 0.4) is 0 Å². The summed E-state index contributed by atoms with van der Waals surface area (Å²) < 4.78 is 8.85. The van der Waals surface area contributed by atoms with E-state index in [2.05, 4.69) is 247 Å². The topological polar surface area (TPSA) is 17.8 Å². The van der Waals surface area contributed by atoms with Crippen molar-refractivity contribution < 1.29 is 0 Å². The van der Waals surface area contributed by atoms with E-state index in [9.17, 15) is 0 Å². The highest BCUT2D eigenvalue weighted by molar-refractivity contribution is 7.26. The quantitative estimate of drug-likeness (QED) is 0.156. The van der Waals surface area contributed by atoms with Gasteiger partial charge in [-0.15, -0.1) is 34.0 Å². The number of fused-ring (bicyclic) bond motifs is 10. The Bertz CT molecular complexity index is 4400. The Labute approximate surface area is 427 Å². The van der Waals surface area contributed by atoms with Crippen LogP contribution >= 0.6 is 34.0 Å². The van der Waals surface area contributed by atoms with Crippen LogP contribution in [-0.4, -0.2) is 9.55 Å². The maximum atomic E-state index is 5.52. The van der Waals surface area contributed by atoms with Gasteiger partial charge >= 0.3 is 0 Å². The van der Waals surface area contributed by atoms with Crippen molar-refractivity contribution in [2.45, 2.75) is 0 Å². The second-order valence-electron chi connectivity index (χ2n) is 18.6. The molecule has 5 heteroatoms. The molecule has 0 N–H and O–H groups in total. The highest BCUT2D eigenvalue weighted by Gasteiger charge is 2.19. The zero-order valence-corrected chi connectivity index (χ0v) is 41.2. The zero-order chi connectivity index (χ0) is 47.3. The average molecular weight is 969 g/mol. The zero-order valence-electron chi connectivity index (χ0n) is 38.7. The largest absolute Gasteiger partial charge is 0.309 e. The fraction of sp³-hybridized carbons (Fsp3) is 0. The van der Waals surface area contributed by atoms with E-state index in [-0.39, 0.29) is 0 Å². The summed E-state index contributed by atoms with van der Waals surface area (Å²) in [6.45, 7) is 0. The van der Waals surface area contributed by atoms with Crippen molar-refractivity contribution in [3.63, 3.8) is 0 Å². The molecule has 15 aromatic rings. The highest BCUT2D eigenvalue weighted by atomic mass is 32.1. The van der Waals surface area contributed by atoms with Gasteiger partial charge in [0.1, 0.15) is 5.01 Å². The molecule has 72 heavy (non-hydrogen) atoms. The van der Waals surface area contributed by atoms with E-state index in [1.54, 1.807) is 11.3 Å². The average Bonchev–Trinajstić information content (AvgIpc) is 4.24. The van der Waals surface area contributed by atoms with Crippen LogP contribution in [-0.2, 0) is 0 Å². The van der Waals surface area contributed by atoms with Crippen molar-refractivity contribution in [1.82, 2.24) is 9.55 Å². The van der Waals surface area contributed by atoms with E-state index in [1.807, 2.05) is 22.7 Å². The minimum Gasteiger partial charge on any atom is -0.309 e. The van der Waals surface area contributed by atoms with Crippen LogP contribution in [0.1, 0.15) is 0 Å². The minimum atomic E-state index is 1.01. The molecule has 0 atom stereocenters. The molecule has 15 rings (SSSR count). The van der Waals surface area contributed by atoms with Gasteiger partial charge in [0.05, 0.1) is 21.3 Å². The molecule has 0 spiro atoms. The number of para-hydroxylation sites is 2. The van der Waals surface area contributed by atoms with Crippen molar-refractivity contribution in [3.8, 4) is 71.9 Å². The van der Waals surface area contributed by atoms with Gasteiger partial charge in [0.25, 0.3) is 0 Å². The summed E-state index contributed by atoms with van der Waals surface area (Å²) in [4.78, 5) is 5.52. The van der Waals surface area contributed by atoms with Crippen LogP contribution in [0.5, 0.6) is 0 Å². The van der Waals surface area contributed by atoms with Gasteiger partial charge in [-0.3, -0.25) is 0 Å². The summed E-state index contributed by atoms with van der Waals surface area (Å²) in [7, 11) is 0. The number of aromatic nitrogens is 2. The summed E-state index contributed by atoms with van der Waals surface area (Å²) in [5, 5.41) is 8.78. The van der Waals surface area contributed by atoms with Crippen LogP contribution in [0.15, 0.2) is 243 Å². The van der Waals surface area contributed by atoms with Crippen molar-refractivity contribution in [1.29, 1.82) is 0 Å². The molecule has 0 aliphatic rings. The van der Waals surface area contributed by atoms with Crippen LogP contribution in [0.4, 0.5) is 0 Å². The SMILES string of the molecule is c1ccc(-n2c3ccccc3c3cc(-c4ccc(-c5nc6c(-c7ccc(-c8ccc9sc%10ccccc%10c9c8)cc7)ccc(-c7ccc(-c8ccc9sc%10ccccc%10c9c8)cc7)c6s5)cc4)ccc32)cc1. The Morgan fingerprint density at radius 3 is 1.32 bits per heavy atom. The van der Waals surface area contributed by atoms with Gasteiger partial charge in [-0.25, -0.2) is 4.98 Å². The predicted octanol–water partition coefficient (Wildman–Crippen LogP) is 20.1. The molecular weight excluding hydrogens is 929 g/mol. The lowest BCUT2D eigenvalue weighted by molar-refractivity contribution is 1.18. The maximum absolute atomic E-state index is 5.52. The third-order valence-corrected chi connectivity index (χ3v) is 17.9. The second kappa shape index (κ2) is 16.6. The summed E-state index contributed by atoms with van der Waals surface area (Å²) in [6, 6.07) is 89.2. The molecule has 4 aromatic heterocycles. The van der Waals surface area contributed by atoms with E-state index in [0.29, 0.717) is 0 Å².